The molecule has 0 amide bonds. The Balaban J connectivity index is 0.000000980. The van der Waals surface area contributed by atoms with Crippen LogP contribution in [0, 0.1) is 0 Å². The van der Waals surface area contributed by atoms with E-state index in [2.05, 4.69) is 10.8 Å². The smallest absolute Gasteiger partial charge is 0.337 e. The molecule has 0 N–H and O–H groups in total. The van der Waals surface area contributed by atoms with Crippen molar-refractivity contribution in [1.82, 2.24) is 0 Å². The minimum atomic E-state index is -0.275. The number of carbonyl (C=O) groups excluding carboxylic acids is 1. The highest BCUT2D eigenvalue weighted by atomic mass is 35.5. The summed E-state index contributed by atoms with van der Waals surface area (Å²) in [6.07, 6.45) is 5.09. The maximum atomic E-state index is 11.2. The highest BCUT2D eigenvalue weighted by Crippen LogP contribution is 2.20. The molecule has 0 aromatic heterocycles. The summed E-state index contributed by atoms with van der Waals surface area (Å²) in [6.45, 7) is 0. The van der Waals surface area contributed by atoms with Gasteiger partial charge in [0.2, 0.25) is 0 Å². The number of fused-ring (bicyclic) bond motifs is 1. The first-order chi connectivity index (χ1) is 6.31. The Morgan fingerprint density at radius 3 is 2.93 bits per heavy atom. The Bertz CT molecular complexity index is 383. The third-order valence-corrected chi connectivity index (χ3v) is 2.20. The van der Waals surface area contributed by atoms with Gasteiger partial charge in [0, 0.05) is 0 Å². The fraction of sp³-hybridized carbons (Fsp3) is 0.182. The van der Waals surface area contributed by atoms with Crippen molar-refractivity contribution >= 4 is 24.5 Å². The highest BCUT2D eigenvalue weighted by Gasteiger charge is 2.09. The number of halogens is 1. The van der Waals surface area contributed by atoms with Crippen molar-refractivity contribution in [3.05, 3.63) is 41.0 Å². The molecule has 0 radical (unpaired) electrons. The van der Waals surface area contributed by atoms with E-state index in [1.54, 1.807) is 6.07 Å². The van der Waals surface area contributed by atoms with Gasteiger partial charge in [-0.25, -0.2) is 4.79 Å². The van der Waals surface area contributed by atoms with E-state index in [1.807, 2.05) is 18.2 Å². The molecule has 3 heteroatoms. The Kier molecular flexibility index (Phi) is 3.31. The van der Waals surface area contributed by atoms with Crippen molar-refractivity contribution in [1.29, 1.82) is 0 Å². The summed E-state index contributed by atoms with van der Waals surface area (Å²) in [5.41, 5.74) is 3.02. The van der Waals surface area contributed by atoms with E-state index in [0.29, 0.717) is 5.56 Å². The molecule has 0 saturated carbocycles. The monoisotopic (exact) mass is 210 g/mol. The summed E-state index contributed by atoms with van der Waals surface area (Å²) in [7, 11) is 1.39. The van der Waals surface area contributed by atoms with Gasteiger partial charge in [-0.3, -0.25) is 0 Å². The second-order valence-corrected chi connectivity index (χ2v) is 3.01. The lowest BCUT2D eigenvalue weighted by molar-refractivity contribution is 0.0600. The molecular weight excluding hydrogens is 200 g/mol. The largest absolute Gasteiger partial charge is 0.465 e. The molecule has 2 rings (SSSR count). The van der Waals surface area contributed by atoms with Crippen molar-refractivity contribution < 1.29 is 9.53 Å². The predicted octanol–water partition coefficient (Wildman–Crippen LogP) is 2.46. The van der Waals surface area contributed by atoms with Gasteiger partial charge in [-0.2, -0.15) is 0 Å². The van der Waals surface area contributed by atoms with Crippen molar-refractivity contribution in [2.75, 3.05) is 7.11 Å². The molecule has 14 heavy (non-hydrogen) atoms. The fourth-order valence-electron chi connectivity index (χ4n) is 1.49. The standard InChI is InChI=1S/C11H10O2.ClH/c1-13-11(12)10-6-5-8-3-2-4-9(8)7-10;/h2,4-7H,3H2,1H3;1H. The van der Waals surface area contributed by atoms with E-state index < -0.39 is 0 Å². The van der Waals surface area contributed by atoms with E-state index in [9.17, 15) is 4.79 Å². The topological polar surface area (TPSA) is 26.3 Å². The molecule has 74 valence electrons. The maximum absolute atomic E-state index is 11.2. The van der Waals surface area contributed by atoms with E-state index in [-0.39, 0.29) is 18.4 Å². The molecule has 1 aromatic carbocycles. The number of allylic oxidation sites excluding steroid dienone is 1. The van der Waals surface area contributed by atoms with Crippen LogP contribution in [0.4, 0.5) is 0 Å². The van der Waals surface area contributed by atoms with Gasteiger partial charge in [-0.05, 0) is 29.7 Å². The lowest BCUT2D eigenvalue weighted by Gasteiger charge is -2.02. The lowest BCUT2D eigenvalue weighted by atomic mass is 10.1. The Morgan fingerprint density at radius 2 is 2.21 bits per heavy atom. The molecule has 1 aliphatic carbocycles. The molecule has 0 atom stereocenters. The van der Waals surface area contributed by atoms with E-state index >= 15 is 0 Å². The van der Waals surface area contributed by atoms with Crippen LogP contribution in [-0.4, -0.2) is 13.1 Å². The summed E-state index contributed by atoms with van der Waals surface area (Å²) >= 11 is 0. The summed E-state index contributed by atoms with van der Waals surface area (Å²) in [5, 5.41) is 0. The van der Waals surface area contributed by atoms with Crippen LogP contribution < -0.4 is 0 Å². The number of methoxy groups -OCH3 is 1. The molecule has 1 aliphatic rings. The molecule has 0 heterocycles. The summed E-state index contributed by atoms with van der Waals surface area (Å²) in [6, 6.07) is 5.64. The number of rotatable bonds is 1. The van der Waals surface area contributed by atoms with Crippen molar-refractivity contribution in [2.24, 2.45) is 0 Å². The molecule has 0 bridgehead atoms. The molecule has 0 saturated heterocycles. The van der Waals surface area contributed by atoms with Crippen LogP contribution in [0.3, 0.4) is 0 Å². The number of esters is 1. The third kappa shape index (κ3) is 1.80. The SMILES string of the molecule is COC(=O)c1ccc2c(c1)C=CC2.Cl. The van der Waals surface area contributed by atoms with Crippen LogP contribution in [0.5, 0.6) is 0 Å². The summed E-state index contributed by atoms with van der Waals surface area (Å²) in [4.78, 5) is 11.2. The predicted molar refractivity (Wildman–Crippen MR) is 57.8 cm³/mol. The first-order valence-corrected chi connectivity index (χ1v) is 4.19. The normalized spacial score (nSPS) is 11.8. The average Bonchev–Trinajstić information content (AvgIpc) is 2.63. The van der Waals surface area contributed by atoms with Crippen LogP contribution in [0.2, 0.25) is 0 Å². The molecule has 1 aromatic rings. The van der Waals surface area contributed by atoms with Gasteiger partial charge in [0.15, 0.2) is 0 Å². The first-order valence-electron chi connectivity index (χ1n) is 4.19. The zero-order chi connectivity index (χ0) is 9.26. The van der Waals surface area contributed by atoms with Crippen LogP contribution in [0.25, 0.3) is 6.08 Å². The van der Waals surface area contributed by atoms with Crippen LogP contribution >= 0.6 is 12.4 Å². The lowest BCUT2D eigenvalue weighted by Crippen LogP contribution is -2.01. The number of hydrogen-bond acceptors (Lipinski definition) is 2. The summed E-state index contributed by atoms with van der Waals surface area (Å²) < 4.78 is 4.63. The number of benzene rings is 1. The van der Waals surface area contributed by atoms with E-state index in [1.165, 1.54) is 12.7 Å². The van der Waals surface area contributed by atoms with Gasteiger partial charge in [-0.1, -0.05) is 18.2 Å². The molecule has 0 unspecified atom stereocenters. The zero-order valence-electron chi connectivity index (χ0n) is 7.82. The minimum absolute atomic E-state index is 0. The molecule has 2 nitrogen and oxygen atoms in total. The quantitative estimate of drug-likeness (QED) is 0.666. The Labute approximate surface area is 89.0 Å². The zero-order valence-corrected chi connectivity index (χ0v) is 8.64. The minimum Gasteiger partial charge on any atom is -0.465 e. The van der Waals surface area contributed by atoms with Gasteiger partial charge >= 0.3 is 5.97 Å². The van der Waals surface area contributed by atoms with Crippen molar-refractivity contribution in [3.63, 3.8) is 0 Å². The molecule has 0 aliphatic heterocycles. The molecular formula is C11H11ClO2. The number of ether oxygens (including phenoxy) is 1. The Hall–Kier alpha value is -1.28. The highest BCUT2D eigenvalue weighted by molar-refractivity contribution is 5.90. The van der Waals surface area contributed by atoms with Gasteiger partial charge in [0.05, 0.1) is 12.7 Å². The second-order valence-electron chi connectivity index (χ2n) is 3.01. The van der Waals surface area contributed by atoms with E-state index in [0.717, 1.165) is 12.0 Å². The van der Waals surface area contributed by atoms with Crippen molar-refractivity contribution in [2.45, 2.75) is 6.42 Å². The third-order valence-electron chi connectivity index (χ3n) is 2.20. The van der Waals surface area contributed by atoms with Gasteiger partial charge in [-0.15, -0.1) is 12.4 Å². The van der Waals surface area contributed by atoms with Crippen LogP contribution in [-0.2, 0) is 11.2 Å². The second kappa shape index (κ2) is 4.29. The van der Waals surface area contributed by atoms with Gasteiger partial charge in [0.25, 0.3) is 0 Å². The average molecular weight is 211 g/mol. The van der Waals surface area contributed by atoms with Crippen LogP contribution in [0.1, 0.15) is 21.5 Å². The molecule has 0 spiro atoms. The Morgan fingerprint density at radius 1 is 1.43 bits per heavy atom. The van der Waals surface area contributed by atoms with Crippen molar-refractivity contribution in [3.8, 4) is 0 Å². The number of hydrogen-bond donors (Lipinski definition) is 0. The van der Waals surface area contributed by atoms with Crippen LogP contribution in [0.15, 0.2) is 24.3 Å². The van der Waals surface area contributed by atoms with Gasteiger partial charge < -0.3 is 4.74 Å². The van der Waals surface area contributed by atoms with Gasteiger partial charge in [0.1, 0.15) is 0 Å². The van der Waals surface area contributed by atoms with E-state index in [4.69, 9.17) is 0 Å². The molecule has 0 fully saturated rings. The fourth-order valence-corrected chi connectivity index (χ4v) is 1.49. The first kappa shape index (κ1) is 10.8. The summed E-state index contributed by atoms with van der Waals surface area (Å²) in [5.74, 6) is -0.275. The number of carbonyl (C=O) groups is 1. The maximum Gasteiger partial charge on any atom is 0.337 e.